The summed E-state index contributed by atoms with van der Waals surface area (Å²) in [7, 11) is 0. The standard InChI is InChI=1S/C8H15NO/c1-6(2)7-3-4-8(10)9-5-7/h6-7H,3-5H2,1-2H3,(H,9,10). The van der Waals surface area contributed by atoms with Crippen LogP contribution >= 0.6 is 0 Å². The van der Waals surface area contributed by atoms with Crippen LogP contribution in [-0.4, -0.2) is 12.5 Å². The largest absolute Gasteiger partial charge is 0.356 e. The summed E-state index contributed by atoms with van der Waals surface area (Å²) in [5.74, 6) is 1.63. The lowest BCUT2D eigenvalue weighted by molar-refractivity contribution is -0.123. The molecule has 0 aromatic carbocycles. The Kier molecular flexibility index (Phi) is 2.30. The fourth-order valence-corrected chi connectivity index (χ4v) is 1.32. The van der Waals surface area contributed by atoms with Gasteiger partial charge in [0.05, 0.1) is 0 Å². The SMILES string of the molecule is CC(C)C1CCC(=O)NC1. The topological polar surface area (TPSA) is 29.1 Å². The van der Waals surface area contributed by atoms with E-state index in [4.69, 9.17) is 0 Å². The molecule has 2 heteroatoms. The van der Waals surface area contributed by atoms with Crippen molar-refractivity contribution >= 4 is 5.91 Å². The molecule has 0 saturated carbocycles. The number of amides is 1. The average molecular weight is 141 g/mol. The van der Waals surface area contributed by atoms with Gasteiger partial charge in [0, 0.05) is 13.0 Å². The second kappa shape index (κ2) is 3.04. The monoisotopic (exact) mass is 141 g/mol. The van der Waals surface area contributed by atoms with E-state index >= 15 is 0 Å². The van der Waals surface area contributed by atoms with Crippen molar-refractivity contribution in [2.75, 3.05) is 6.54 Å². The lowest BCUT2D eigenvalue weighted by atomic mass is 9.89. The van der Waals surface area contributed by atoms with Crippen LogP contribution in [0.5, 0.6) is 0 Å². The summed E-state index contributed by atoms with van der Waals surface area (Å²) in [5, 5.41) is 2.87. The van der Waals surface area contributed by atoms with E-state index in [-0.39, 0.29) is 5.91 Å². The zero-order valence-corrected chi connectivity index (χ0v) is 6.68. The molecule has 1 unspecified atom stereocenters. The van der Waals surface area contributed by atoms with Crippen molar-refractivity contribution in [1.82, 2.24) is 5.32 Å². The minimum Gasteiger partial charge on any atom is -0.356 e. The van der Waals surface area contributed by atoms with Gasteiger partial charge in [-0.3, -0.25) is 4.79 Å². The van der Waals surface area contributed by atoms with Crippen LogP contribution in [0, 0.1) is 11.8 Å². The third-order valence-corrected chi connectivity index (χ3v) is 2.25. The summed E-state index contributed by atoms with van der Waals surface area (Å²) in [6.07, 6.45) is 1.80. The first-order valence-corrected chi connectivity index (χ1v) is 3.97. The van der Waals surface area contributed by atoms with Gasteiger partial charge in [0.25, 0.3) is 0 Å². The maximum atomic E-state index is 10.7. The number of hydrogen-bond donors (Lipinski definition) is 1. The Morgan fingerprint density at radius 1 is 1.60 bits per heavy atom. The molecule has 1 amide bonds. The molecule has 0 bridgehead atoms. The zero-order valence-electron chi connectivity index (χ0n) is 6.68. The van der Waals surface area contributed by atoms with Gasteiger partial charge in [-0.2, -0.15) is 0 Å². The first-order chi connectivity index (χ1) is 4.70. The first-order valence-electron chi connectivity index (χ1n) is 3.97. The summed E-state index contributed by atoms with van der Waals surface area (Å²) >= 11 is 0. The number of carbonyl (C=O) groups is 1. The highest BCUT2D eigenvalue weighted by atomic mass is 16.1. The van der Waals surface area contributed by atoms with Crippen LogP contribution in [-0.2, 0) is 4.79 Å². The van der Waals surface area contributed by atoms with Gasteiger partial charge in [0.15, 0.2) is 0 Å². The van der Waals surface area contributed by atoms with E-state index in [1.54, 1.807) is 0 Å². The Labute approximate surface area is 62.0 Å². The Balaban J connectivity index is 2.33. The Morgan fingerprint density at radius 2 is 2.30 bits per heavy atom. The summed E-state index contributed by atoms with van der Waals surface area (Å²) in [6.45, 7) is 5.31. The van der Waals surface area contributed by atoms with Gasteiger partial charge < -0.3 is 5.32 Å². The van der Waals surface area contributed by atoms with E-state index in [2.05, 4.69) is 19.2 Å². The molecule has 0 radical (unpaired) electrons. The minimum absolute atomic E-state index is 0.219. The van der Waals surface area contributed by atoms with Crippen molar-refractivity contribution in [1.29, 1.82) is 0 Å². The molecule has 1 atom stereocenters. The maximum absolute atomic E-state index is 10.7. The maximum Gasteiger partial charge on any atom is 0.220 e. The Morgan fingerprint density at radius 3 is 2.70 bits per heavy atom. The van der Waals surface area contributed by atoms with Gasteiger partial charge in [-0.1, -0.05) is 13.8 Å². The van der Waals surface area contributed by atoms with E-state index in [1.807, 2.05) is 0 Å². The molecule has 0 aromatic heterocycles. The van der Waals surface area contributed by atoms with Gasteiger partial charge in [0.1, 0.15) is 0 Å². The molecule has 0 aliphatic carbocycles. The van der Waals surface area contributed by atoms with Gasteiger partial charge in [-0.05, 0) is 18.3 Å². The van der Waals surface area contributed by atoms with E-state index in [1.165, 1.54) is 0 Å². The number of hydrogen-bond acceptors (Lipinski definition) is 1. The van der Waals surface area contributed by atoms with Crippen LogP contribution in [0.3, 0.4) is 0 Å². The van der Waals surface area contributed by atoms with Crippen molar-refractivity contribution < 1.29 is 4.79 Å². The molecule has 0 aromatic rings. The average Bonchev–Trinajstić information content (AvgIpc) is 1.88. The van der Waals surface area contributed by atoms with Crippen molar-refractivity contribution in [3.05, 3.63) is 0 Å². The van der Waals surface area contributed by atoms with Crippen LogP contribution in [0.1, 0.15) is 26.7 Å². The smallest absolute Gasteiger partial charge is 0.220 e. The van der Waals surface area contributed by atoms with Crippen molar-refractivity contribution in [3.63, 3.8) is 0 Å². The molecule has 1 heterocycles. The first kappa shape index (κ1) is 7.58. The van der Waals surface area contributed by atoms with Gasteiger partial charge in [0.2, 0.25) is 5.91 Å². The van der Waals surface area contributed by atoms with E-state index < -0.39 is 0 Å². The van der Waals surface area contributed by atoms with Crippen LogP contribution < -0.4 is 5.32 Å². The molecule has 10 heavy (non-hydrogen) atoms. The highest BCUT2D eigenvalue weighted by Gasteiger charge is 2.19. The second-order valence-electron chi connectivity index (χ2n) is 3.35. The highest BCUT2D eigenvalue weighted by Crippen LogP contribution is 2.18. The molecule has 1 saturated heterocycles. The fraction of sp³-hybridized carbons (Fsp3) is 0.875. The van der Waals surface area contributed by atoms with E-state index in [0.717, 1.165) is 19.4 Å². The predicted molar refractivity (Wildman–Crippen MR) is 40.6 cm³/mol. The number of carbonyl (C=O) groups excluding carboxylic acids is 1. The molecule has 1 fully saturated rings. The Bertz CT molecular complexity index is 121. The number of rotatable bonds is 1. The van der Waals surface area contributed by atoms with Crippen LogP contribution in [0.2, 0.25) is 0 Å². The third-order valence-electron chi connectivity index (χ3n) is 2.25. The molecular weight excluding hydrogens is 126 g/mol. The molecule has 1 aliphatic rings. The summed E-state index contributed by atoms with van der Waals surface area (Å²) in [4.78, 5) is 10.7. The lowest BCUT2D eigenvalue weighted by Crippen LogP contribution is -2.36. The molecule has 1 rings (SSSR count). The zero-order chi connectivity index (χ0) is 7.56. The number of nitrogens with one attached hydrogen (secondary N) is 1. The lowest BCUT2D eigenvalue weighted by Gasteiger charge is -2.25. The highest BCUT2D eigenvalue weighted by molar-refractivity contribution is 5.76. The van der Waals surface area contributed by atoms with E-state index in [0.29, 0.717) is 11.8 Å². The molecule has 0 spiro atoms. The van der Waals surface area contributed by atoms with Gasteiger partial charge in [-0.25, -0.2) is 0 Å². The van der Waals surface area contributed by atoms with E-state index in [9.17, 15) is 4.79 Å². The number of piperidine rings is 1. The van der Waals surface area contributed by atoms with Crippen molar-refractivity contribution in [3.8, 4) is 0 Å². The van der Waals surface area contributed by atoms with Crippen molar-refractivity contribution in [2.24, 2.45) is 11.8 Å². The molecule has 1 aliphatic heterocycles. The summed E-state index contributed by atoms with van der Waals surface area (Å²) in [5.41, 5.74) is 0. The molecule has 2 nitrogen and oxygen atoms in total. The van der Waals surface area contributed by atoms with Crippen LogP contribution in [0.4, 0.5) is 0 Å². The summed E-state index contributed by atoms with van der Waals surface area (Å²) < 4.78 is 0. The fourth-order valence-electron chi connectivity index (χ4n) is 1.32. The van der Waals surface area contributed by atoms with Gasteiger partial charge >= 0.3 is 0 Å². The summed E-state index contributed by atoms with van der Waals surface area (Å²) in [6, 6.07) is 0. The third kappa shape index (κ3) is 1.72. The van der Waals surface area contributed by atoms with Crippen molar-refractivity contribution in [2.45, 2.75) is 26.7 Å². The molecular formula is C8H15NO. The predicted octanol–water partition coefficient (Wildman–Crippen LogP) is 1.17. The molecule has 58 valence electrons. The van der Waals surface area contributed by atoms with Crippen LogP contribution in [0.25, 0.3) is 0 Å². The van der Waals surface area contributed by atoms with Gasteiger partial charge in [-0.15, -0.1) is 0 Å². The second-order valence-corrected chi connectivity index (χ2v) is 3.35. The van der Waals surface area contributed by atoms with Crippen LogP contribution in [0.15, 0.2) is 0 Å². The molecule has 1 N–H and O–H groups in total. The minimum atomic E-state index is 0.219. The quantitative estimate of drug-likeness (QED) is 0.583. The normalized spacial score (nSPS) is 26.7. The Hall–Kier alpha value is -0.530.